The van der Waals surface area contributed by atoms with Gasteiger partial charge in [0.05, 0.1) is 11.5 Å². The quantitative estimate of drug-likeness (QED) is 0.615. The van der Waals surface area contributed by atoms with Gasteiger partial charge in [0.15, 0.2) is 5.71 Å². The summed E-state index contributed by atoms with van der Waals surface area (Å²) in [5.41, 5.74) is 6.14. The molecule has 0 bridgehead atoms. The predicted octanol–water partition coefficient (Wildman–Crippen LogP) is 4.37. The molecule has 126 valence electrons. The van der Waals surface area contributed by atoms with Crippen LogP contribution in [0.25, 0.3) is 6.08 Å². The van der Waals surface area contributed by atoms with Crippen LogP contribution in [-0.2, 0) is 5.41 Å². The maximum atomic E-state index is 8.80. The van der Waals surface area contributed by atoms with Gasteiger partial charge in [-0.25, -0.2) is 0 Å². The first-order chi connectivity index (χ1) is 11.9. The lowest BCUT2D eigenvalue weighted by atomic mass is 9.81. The minimum absolute atomic E-state index is 0.00516. The Morgan fingerprint density at radius 2 is 1.76 bits per heavy atom. The van der Waals surface area contributed by atoms with Gasteiger partial charge in [-0.15, -0.1) is 0 Å². The molecule has 0 atom stereocenters. The highest BCUT2D eigenvalue weighted by Gasteiger charge is 2.42. The second-order valence-electron chi connectivity index (χ2n) is 7.03. The molecule has 0 saturated heterocycles. The summed E-state index contributed by atoms with van der Waals surface area (Å²) >= 11 is 0. The van der Waals surface area contributed by atoms with Gasteiger partial charge in [0, 0.05) is 30.4 Å². The Balaban J connectivity index is 1.86. The Labute approximate surface area is 150 Å². The zero-order valence-electron chi connectivity index (χ0n) is 15.3. The third-order valence-corrected chi connectivity index (χ3v) is 5.02. The van der Waals surface area contributed by atoms with E-state index < -0.39 is 0 Å². The molecule has 1 heterocycles. The third kappa shape index (κ3) is 3.08. The minimum atomic E-state index is -0.00516. The average Bonchev–Trinajstić information content (AvgIpc) is 2.81. The Bertz CT molecular complexity index is 880. The Kier molecular flexibility index (Phi) is 4.46. The van der Waals surface area contributed by atoms with Crippen molar-refractivity contribution in [2.45, 2.75) is 19.3 Å². The molecular formula is C22H24N3+. The second-order valence-corrected chi connectivity index (χ2v) is 7.03. The Morgan fingerprint density at radius 1 is 1.08 bits per heavy atom. The fourth-order valence-electron chi connectivity index (χ4n) is 3.51. The van der Waals surface area contributed by atoms with Gasteiger partial charge in [0.2, 0.25) is 5.69 Å². The normalized spacial score (nSPS) is 15.3. The van der Waals surface area contributed by atoms with Crippen molar-refractivity contribution in [1.29, 1.82) is 5.26 Å². The first-order valence-electron chi connectivity index (χ1n) is 8.52. The summed E-state index contributed by atoms with van der Waals surface area (Å²) in [5.74, 6) is 0. The first-order valence-corrected chi connectivity index (χ1v) is 8.52. The van der Waals surface area contributed by atoms with Crippen molar-refractivity contribution in [3.8, 4) is 6.07 Å². The maximum absolute atomic E-state index is 8.80. The van der Waals surface area contributed by atoms with E-state index in [1.165, 1.54) is 17.0 Å². The summed E-state index contributed by atoms with van der Waals surface area (Å²) in [6.07, 6.45) is 4.38. The molecule has 0 aliphatic carbocycles. The molecule has 0 amide bonds. The van der Waals surface area contributed by atoms with Crippen molar-refractivity contribution in [1.82, 2.24) is 0 Å². The van der Waals surface area contributed by atoms with Crippen molar-refractivity contribution < 1.29 is 4.58 Å². The van der Waals surface area contributed by atoms with Crippen molar-refractivity contribution in [2.75, 3.05) is 25.5 Å². The average molecular weight is 330 g/mol. The monoisotopic (exact) mass is 330 g/mol. The molecule has 3 heteroatoms. The number of allylic oxidation sites excluding steroid dienone is 1. The van der Waals surface area contributed by atoms with Crippen LogP contribution in [0.2, 0.25) is 0 Å². The molecule has 3 nitrogen and oxygen atoms in total. The van der Waals surface area contributed by atoms with Gasteiger partial charge in [0.25, 0.3) is 0 Å². The molecule has 0 aromatic heterocycles. The van der Waals surface area contributed by atoms with Crippen LogP contribution in [-0.4, -0.2) is 30.9 Å². The van der Waals surface area contributed by atoms with Crippen LogP contribution in [0.15, 0.2) is 54.6 Å². The Hall–Kier alpha value is -2.86. The highest BCUT2D eigenvalue weighted by Crippen LogP contribution is 2.39. The first kappa shape index (κ1) is 17.0. The van der Waals surface area contributed by atoms with Crippen LogP contribution >= 0.6 is 0 Å². The summed E-state index contributed by atoms with van der Waals surface area (Å²) in [6, 6.07) is 19.1. The van der Waals surface area contributed by atoms with Gasteiger partial charge >= 0.3 is 0 Å². The lowest BCUT2D eigenvalue weighted by Gasteiger charge is -2.15. The van der Waals surface area contributed by atoms with Crippen LogP contribution in [0.5, 0.6) is 0 Å². The fourth-order valence-corrected chi connectivity index (χ4v) is 3.51. The standard InChI is InChI=1S/C22H24N3/c1-22(2)19-7-5-6-8-20(19)25(4)21(22)14-11-17-9-12-18(13-10-17)24(3)16-15-23/h5-14H,16H2,1-4H3/q+1. The van der Waals surface area contributed by atoms with Gasteiger partial charge in [-0.1, -0.05) is 30.3 Å². The topological polar surface area (TPSA) is 30.0 Å². The van der Waals surface area contributed by atoms with Crippen LogP contribution in [0, 0.1) is 11.3 Å². The molecule has 0 unspecified atom stereocenters. The summed E-state index contributed by atoms with van der Waals surface area (Å²) in [4.78, 5) is 1.94. The van der Waals surface area contributed by atoms with Gasteiger partial charge in [-0.05, 0) is 37.6 Å². The minimum Gasteiger partial charge on any atom is -0.361 e. The van der Waals surface area contributed by atoms with Crippen LogP contribution in [0.4, 0.5) is 11.4 Å². The molecule has 0 spiro atoms. The molecule has 3 rings (SSSR count). The second kappa shape index (κ2) is 6.57. The van der Waals surface area contributed by atoms with Crippen molar-refractivity contribution >= 4 is 23.2 Å². The maximum Gasteiger partial charge on any atom is 0.209 e. The molecule has 2 aromatic rings. The molecule has 1 aliphatic rings. The zero-order chi connectivity index (χ0) is 18.0. The number of fused-ring (bicyclic) bond motifs is 1. The van der Waals surface area contributed by atoms with Gasteiger partial charge < -0.3 is 4.90 Å². The van der Waals surface area contributed by atoms with Gasteiger partial charge in [0.1, 0.15) is 13.6 Å². The van der Waals surface area contributed by atoms with E-state index in [9.17, 15) is 0 Å². The predicted molar refractivity (Wildman–Crippen MR) is 105 cm³/mol. The van der Waals surface area contributed by atoms with E-state index in [2.05, 4.69) is 92.2 Å². The van der Waals surface area contributed by atoms with E-state index in [1.807, 2.05) is 11.9 Å². The van der Waals surface area contributed by atoms with E-state index in [0.29, 0.717) is 6.54 Å². The van der Waals surface area contributed by atoms with E-state index in [-0.39, 0.29) is 5.41 Å². The van der Waals surface area contributed by atoms with Crippen LogP contribution in [0.1, 0.15) is 25.0 Å². The third-order valence-electron chi connectivity index (χ3n) is 5.02. The number of para-hydroxylation sites is 1. The lowest BCUT2D eigenvalue weighted by molar-refractivity contribution is -0.401. The fraction of sp³-hybridized carbons (Fsp3) is 0.273. The lowest BCUT2D eigenvalue weighted by Crippen LogP contribution is -2.26. The number of nitriles is 1. The molecule has 0 radical (unpaired) electrons. The largest absolute Gasteiger partial charge is 0.361 e. The van der Waals surface area contributed by atoms with Gasteiger partial charge in [-0.3, -0.25) is 0 Å². The number of nitrogens with zero attached hydrogens (tertiary/aromatic N) is 3. The molecule has 0 saturated carbocycles. The molecule has 1 aliphatic heterocycles. The number of hydrogen-bond acceptors (Lipinski definition) is 2. The molecule has 0 N–H and O–H groups in total. The number of rotatable bonds is 4. The van der Waals surface area contributed by atoms with E-state index >= 15 is 0 Å². The zero-order valence-corrected chi connectivity index (χ0v) is 15.3. The SMILES string of the molecule is CN(CC#N)c1ccc(C=CC2=[N+](C)c3ccccc3C2(C)C)cc1. The summed E-state index contributed by atoms with van der Waals surface area (Å²) in [6.45, 7) is 4.94. The summed E-state index contributed by atoms with van der Waals surface area (Å²) < 4.78 is 2.28. The van der Waals surface area contributed by atoms with Crippen molar-refractivity contribution in [3.05, 3.63) is 65.7 Å². The van der Waals surface area contributed by atoms with Crippen molar-refractivity contribution in [2.24, 2.45) is 0 Å². The molecule has 0 fully saturated rings. The van der Waals surface area contributed by atoms with Crippen LogP contribution < -0.4 is 4.90 Å². The highest BCUT2D eigenvalue weighted by atomic mass is 15.1. The van der Waals surface area contributed by atoms with E-state index in [0.717, 1.165) is 11.3 Å². The van der Waals surface area contributed by atoms with E-state index in [4.69, 9.17) is 5.26 Å². The number of benzene rings is 2. The highest BCUT2D eigenvalue weighted by molar-refractivity contribution is 6.05. The van der Waals surface area contributed by atoms with Gasteiger partial charge in [-0.2, -0.15) is 9.84 Å². The summed E-state index contributed by atoms with van der Waals surface area (Å²) in [5, 5.41) is 8.80. The number of hydrogen-bond donors (Lipinski definition) is 0. The molecule has 2 aromatic carbocycles. The number of anilines is 1. The smallest absolute Gasteiger partial charge is 0.209 e. The van der Waals surface area contributed by atoms with Crippen molar-refractivity contribution in [3.63, 3.8) is 0 Å². The Morgan fingerprint density at radius 3 is 2.40 bits per heavy atom. The molecule has 25 heavy (non-hydrogen) atoms. The summed E-state index contributed by atoms with van der Waals surface area (Å²) in [7, 11) is 4.06. The molecular weight excluding hydrogens is 306 g/mol. The van der Waals surface area contributed by atoms with E-state index in [1.54, 1.807) is 0 Å². The van der Waals surface area contributed by atoms with Crippen LogP contribution in [0.3, 0.4) is 0 Å².